The summed E-state index contributed by atoms with van der Waals surface area (Å²) in [5.74, 6) is 0.187. The number of anilines is 1. The van der Waals surface area contributed by atoms with E-state index >= 15 is 0 Å². The largest absolute Gasteiger partial charge is 0.443 e. The Morgan fingerprint density at radius 2 is 1.50 bits per heavy atom. The molecule has 0 radical (unpaired) electrons. The first-order valence-electron chi connectivity index (χ1n) is 6.77. The molecule has 22 heavy (non-hydrogen) atoms. The van der Waals surface area contributed by atoms with Crippen LogP contribution in [0.2, 0.25) is 0 Å². The van der Waals surface area contributed by atoms with Crippen molar-refractivity contribution in [2.24, 2.45) is 0 Å². The van der Waals surface area contributed by atoms with E-state index in [1.54, 1.807) is 53.7 Å². The summed E-state index contributed by atoms with van der Waals surface area (Å²) < 4.78 is 11.2. The van der Waals surface area contributed by atoms with Crippen LogP contribution in [0.4, 0.5) is 15.4 Å². The van der Waals surface area contributed by atoms with Gasteiger partial charge in [0, 0.05) is 6.20 Å². The molecule has 0 bridgehead atoms. The van der Waals surface area contributed by atoms with Crippen LogP contribution in [0.5, 0.6) is 0 Å². The van der Waals surface area contributed by atoms with Gasteiger partial charge in [0.25, 0.3) is 0 Å². The molecule has 0 N–H and O–H groups in total. The second-order valence-electron chi connectivity index (χ2n) is 6.60. The Hall–Kier alpha value is -1.38. The Morgan fingerprint density at radius 3 is 1.86 bits per heavy atom. The Morgan fingerprint density at radius 1 is 1.05 bits per heavy atom. The molecule has 0 fully saturated rings. The Balaban J connectivity index is 3.19. The predicted molar refractivity (Wildman–Crippen MR) is 91.9 cm³/mol. The van der Waals surface area contributed by atoms with Gasteiger partial charge in [0.15, 0.2) is 5.82 Å². The van der Waals surface area contributed by atoms with Crippen molar-refractivity contribution >= 4 is 40.6 Å². The second-order valence-corrected chi connectivity index (χ2v) is 7.77. The van der Waals surface area contributed by atoms with E-state index < -0.39 is 23.4 Å². The first-order valence-corrected chi connectivity index (χ1v) is 7.85. The monoisotopic (exact) mass is 420 g/mol. The molecule has 0 saturated heterocycles. The van der Waals surface area contributed by atoms with Gasteiger partial charge in [0.1, 0.15) is 11.2 Å². The summed E-state index contributed by atoms with van der Waals surface area (Å²) in [7, 11) is 0. The molecule has 1 aromatic rings. The highest BCUT2D eigenvalue weighted by Crippen LogP contribution is 2.24. The molecule has 0 aromatic carbocycles. The lowest BCUT2D eigenvalue weighted by molar-refractivity contribution is 0.0428. The Bertz CT molecular complexity index is 533. The number of hydrogen-bond donors (Lipinski definition) is 0. The van der Waals surface area contributed by atoms with Gasteiger partial charge in [-0.05, 0) is 76.3 Å². The zero-order chi connectivity index (χ0) is 17.1. The van der Waals surface area contributed by atoms with E-state index in [1.165, 1.54) is 6.20 Å². The van der Waals surface area contributed by atoms with Gasteiger partial charge < -0.3 is 9.47 Å². The van der Waals surface area contributed by atoms with Gasteiger partial charge in [-0.3, -0.25) is 0 Å². The van der Waals surface area contributed by atoms with Crippen LogP contribution >= 0.6 is 22.6 Å². The first kappa shape index (κ1) is 18.7. The van der Waals surface area contributed by atoms with Crippen molar-refractivity contribution in [1.29, 1.82) is 0 Å². The lowest BCUT2D eigenvalue weighted by atomic mass is 10.2. The average Bonchev–Trinajstić information content (AvgIpc) is 2.27. The number of hydrogen-bond acceptors (Lipinski definition) is 5. The molecule has 6 nitrogen and oxygen atoms in total. The SMILES string of the molecule is CC(C)(C)OC(=O)N(C(=O)OC(C)(C)C)c1ncccc1I. The number of carbonyl (C=O) groups is 2. The quantitative estimate of drug-likeness (QED) is 0.632. The number of rotatable bonds is 1. The summed E-state index contributed by atoms with van der Waals surface area (Å²) in [6.45, 7) is 10.3. The van der Waals surface area contributed by atoms with Crippen LogP contribution in [0.3, 0.4) is 0 Å². The van der Waals surface area contributed by atoms with E-state index in [0.717, 1.165) is 4.90 Å². The van der Waals surface area contributed by atoms with Gasteiger partial charge in [-0.1, -0.05) is 0 Å². The summed E-state index contributed by atoms with van der Waals surface area (Å²) >= 11 is 2.00. The Kier molecular flexibility index (Phi) is 5.77. The molecule has 0 aliphatic heterocycles. The fourth-order valence-electron chi connectivity index (χ4n) is 1.40. The van der Waals surface area contributed by atoms with Gasteiger partial charge >= 0.3 is 12.2 Å². The zero-order valence-corrected chi connectivity index (χ0v) is 15.8. The van der Waals surface area contributed by atoms with Crippen LogP contribution in [-0.2, 0) is 9.47 Å². The molecule has 2 amide bonds. The molecule has 0 aliphatic carbocycles. The average molecular weight is 420 g/mol. The third kappa shape index (κ3) is 5.78. The van der Waals surface area contributed by atoms with Crippen molar-refractivity contribution < 1.29 is 19.1 Å². The molecule has 0 spiro atoms. The fraction of sp³-hybridized carbons (Fsp3) is 0.533. The van der Waals surface area contributed by atoms with Crippen LogP contribution in [0, 0.1) is 3.57 Å². The molecule has 7 heteroatoms. The van der Waals surface area contributed by atoms with Gasteiger partial charge in [-0.25, -0.2) is 14.6 Å². The van der Waals surface area contributed by atoms with Gasteiger partial charge in [-0.15, -0.1) is 0 Å². The molecular formula is C15H21IN2O4. The van der Waals surface area contributed by atoms with Crippen LogP contribution < -0.4 is 4.90 Å². The number of pyridine rings is 1. The minimum absolute atomic E-state index is 0.187. The number of ether oxygens (including phenoxy) is 2. The maximum Gasteiger partial charge on any atom is 0.425 e. The molecule has 0 aliphatic rings. The molecule has 122 valence electrons. The van der Waals surface area contributed by atoms with Gasteiger partial charge in [-0.2, -0.15) is 4.90 Å². The molecule has 0 saturated carbocycles. The lowest BCUT2D eigenvalue weighted by Gasteiger charge is -2.28. The molecule has 0 unspecified atom stereocenters. The van der Waals surface area contributed by atoms with Crippen molar-refractivity contribution in [2.75, 3.05) is 4.90 Å². The number of halogens is 1. The maximum atomic E-state index is 12.4. The maximum absolute atomic E-state index is 12.4. The highest BCUT2D eigenvalue weighted by molar-refractivity contribution is 14.1. The van der Waals surface area contributed by atoms with E-state index in [1.807, 2.05) is 22.6 Å². The number of aromatic nitrogens is 1. The van der Waals surface area contributed by atoms with Gasteiger partial charge in [0.05, 0.1) is 3.57 Å². The predicted octanol–water partition coefficient (Wildman–Crippen LogP) is 4.36. The van der Waals surface area contributed by atoms with E-state index in [0.29, 0.717) is 3.57 Å². The van der Waals surface area contributed by atoms with Crippen LogP contribution in [-0.4, -0.2) is 28.4 Å². The first-order chi connectivity index (χ1) is 9.91. The number of amides is 2. The topological polar surface area (TPSA) is 68.7 Å². The van der Waals surface area contributed by atoms with E-state index in [2.05, 4.69) is 4.98 Å². The van der Waals surface area contributed by atoms with Crippen LogP contribution in [0.15, 0.2) is 18.3 Å². The summed E-state index contributed by atoms with van der Waals surface area (Å²) in [5.41, 5.74) is -1.48. The minimum Gasteiger partial charge on any atom is -0.443 e. The van der Waals surface area contributed by atoms with E-state index in [-0.39, 0.29) is 5.82 Å². The summed E-state index contributed by atoms with van der Waals surface area (Å²) in [6, 6.07) is 3.46. The fourth-order valence-corrected chi connectivity index (χ4v) is 1.99. The zero-order valence-electron chi connectivity index (χ0n) is 13.6. The second kappa shape index (κ2) is 6.80. The normalized spacial score (nSPS) is 11.8. The van der Waals surface area contributed by atoms with E-state index in [4.69, 9.17) is 9.47 Å². The van der Waals surface area contributed by atoms with E-state index in [9.17, 15) is 9.59 Å². The number of carbonyl (C=O) groups excluding carboxylic acids is 2. The number of imide groups is 1. The van der Waals surface area contributed by atoms with Crippen molar-refractivity contribution in [3.63, 3.8) is 0 Å². The van der Waals surface area contributed by atoms with Crippen molar-refractivity contribution in [3.05, 3.63) is 21.9 Å². The molecular weight excluding hydrogens is 399 g/mol. The Labute approximate surface area is 144 Å². The minimum atomic E-state index is -0.821. The molecule has 1 heterocycles. The van der Waals surface area contributed by atoms with Crippen molar-refractivity contribution in [1.82, 2.24) is 4.98 Å². The lowest BCUT2D eigenvalue weighted by Crippen LogP contribution is -2.44. The summed E-state index contributed by atoms with van der Waals surface area (Å²) in [5, 5.41) is 0. The summed E-state index contributed by atoms with van der Waals surface area (Å²) in [4.78, 5) is 29.7. The third-order valence-electron chi connectivity index (χ3n) is 2.10. The van der Waals surface area contributed by atoms with Gasteiger partial charge in [0.2, 0.25) is 0 Å². The summed E-state index contributed by atoms with van der Waals surface area (Å²) in [6.07, 6.45) is -0.143. The molecule has 1 rings (SSSR count). The third-order valence-corrected chi connectivity index (χ3v) is 2.95. The highest BCUT2D eigenvalue weighted by atomic mass is 127. The number of nitrogens with zero attached hydrogens (tertiary/aromatic N) is 2. The molecule has 0 atom stereocenters. The van der Waals surface area contributed by atoms with Crippen molar-refractivity contribution in [2.45, 2.75) is 52.7 Å². The van der Waals surface area contributed by atoms with Crippen LogP contribution in [0.25, 0.3) is 0 Å². The van der Waals surface area contributed by atoms with Crippen molar-refractivity contribution in [3.8, 4) is 0 Å². The highest BCUT2D eigenvalue weighted by Gasteiger charge is 2.34. The van der Waals surface area contributed by atoms with Crippen LogP contribution in [0.1, 0.15) is 41.5 Å². The smallest absolute Gasteiger partial charge is 0.425 e. The standard InChI is InChI=1S/C15H21IN2O4/c1-14(2,3)21-12(19)18(13(20)22-15(4,5)6)11-10(16)8-7-9-17-11/h7-9H,1-6H3. The molecule has 1 aromatic heterocycles.